The lowest BCUT2D eigenvalue weighted by Gasteiger charge is -2.04. The van der Waals surface area contributed by atoms with Crippen LogP contribution >= 0.6 is 0 Å². The molecule has 0 saturated carbocycles. The monoisotopic (exact) mass is 210 g/mol. The molecule has 0 atom stereocenters. The summed E-state index contributed by atoms with van der Waals surface area (Å²) in [7, 11) is 0. The van der Waals surface area contributed by atoms with E-state index >= 15 is 0 Å². The van der Waals surface area contributed by atoms with E-state index in [1.165, 1.54) is 12.1 Å². The Kier molecular flexibility index (Phi) is 3.85. The molecule has 0 aromatic heterocycles. The van der Waals surface area contributed by atoms with Gasteiger partial charge in [-0.05, 0) is 30.7 Å². The molecule has 0 aliphatic carbocycles. The molecule has 1 rings (SSSR count). The molecule has 0 aliphatic rings. The number of carbonyl (C=O) groups is 1. The molecule has 0 aliphatic heterocycles. The Labute approximate surface area is 86.8 Å². The number of benzene rings is 1. The topological polar surface area (TPSA) is 46.5 Å². The first-order chi connectivity index (χ1) is 7.09. The molecule has 15 heavy (non-hydrogen) atoms. The molecular formula is C11H11FO3. The minimum Gasteiger partial charge on any atom is -0.486 e. The zero-order valence-corrected chi connectivity index (χ0v) is 8.24. The van der Waals surface area contributed by atoms with Gasteiger partial charge >= 0.3 is 5.97 Å². The molecule has 1 aromatic rings. The van der Waals surface area contributed by atoms with Crippen molar-refractivity contribution in [1.82, 2.24) is 0 Å². The molecule has 0 saturated heterocycles. The van der Waals surface area contributed by atoms with Gasteiger partial charge in [-0.15, -0.1) is 0 Å². The van der Waals surface area contributed by atoms with Crippen molar-refractivity contribution in [2.24, 2.45) is 0 Å². The average Bonchev–Trinajstić information content (AvgIpc) is 2.17. The predicted molar refractivity (Wildman–Crippen MR) is 53.4 cm³/mol. The molecule has 0 spiro atoms. The molecule has 80 valence electrons. The Bertz CT molecular complexity index is 385. The number of aryl methyl sites for hydroxylation is 1. The number of rotatable bonds is 4. The molecule has 0 heterocycles. The maximum atomic E-state index is 13.1. The van der Waals surface area contributed by atoms with E-state index in [4.69, 9.17) is 9.84 Å². The molecular weight excluding hydrogens is 199 g/mol. The van der Waals surface area contributed by atoms with Crippen molar-refractivity contribution in [3.05, 3.63) is 41.7 Å². The maximum absolute atomic E-state index is 13.1. The number of hydrogen-bond donors (Lipinski definition) is 1. The van der Waals surface area contributed by atoms with Crippen LogP contribution in [0.1, 0.15) is 5.56 Å². The fourth-order valence-corrected chi connectivity index (χ4v) is 1.01. The van der Waals surface area contributed by atoms with Crippen molar-refractivity contribution in [1.29, 1.82) is 0 Å². The summed E-state index contributed by atoms with van der Waals surface area (Å²) in [4.78, 5) is 10.1. The fraction of sp³-hybridized carbons (Fsp3) is 0.182. The highest BCUT2D eigenvalue weighted by Crippen LogP contribution is 2.17. The van der Waals surface area contributed by atoms with Gasteiger partial charge in [0, 0.05) is 6.08 Å². The van der Waals surface area contributed by atoms with Crippen molar-refractivity contribution < 1.29 is 19.0 Å². The van der Waals surface area contributed by atoms with Crippen molar-refractivity contribution in [3.8, 4) is 5.75 Å². The van der Waals surface area contributed by atoms with Gasteiger partial charge < -0.3 is 9.84 Å². The number of carboxylic acid groups (broad SMARTS) is 1. The van der Waals surface area contributed by atoms with E-state index < -0.39 is 11.8 Å². The number of halogens is 1. The highest BCUT2D eigenvalue weighted by molar-refractivity contribution is 5.79. The van der Waals surface area contributed by atoms with E-state index in [0.717, 1.165) is 11.6 Å². The fourth-order valence-electron chi connectivity index (χ4n) is 1.01. The lowest BCUT2D eigenvalue weighted by atomic mass is 10.2. The molecule has 1 aromatic carbocycles. The van der Waals surface area contributed by atoms with Gasteiger partial charge in [0.1, 0.15) is 6.61 Å². The molecule has 3 nitrogen and oxygen atoms in total. The smallest absolute Gasteiger partial charge is 0.328 e. The molecule has 0 amide bonds. The van der Waals surface area contributed by atoms with E-state index in [1.807, 2.05) is 6.92 Å². The molecule has 0 bridgehead atoms. The second-order valence-electron chi connectivity index (χ2n) is 2.99. The molecule has 4 heteroatoms. The SMILES string of the molecule is Cc1ccc(F)c(OC/C=C/C(=O)O)c1. The van der Waals surface area contributed by atoms with Gasteiger partial charge in [-0.1, -0.05) is 6.07 Å². The maximum Gasteiger partial charge on any atom is 0.328 e. The van der Waals surface area contributed by atoms with E-state index in [9.17, 15) is 9.18 Å². The van der Waals surface area contributed by atoms with E-state index in [2.05, 4.69) is 0 Å². The van der Waals surface area contributed by atoms with Crippen molar-refractivity contribution >= 4 is 5.97 Å². The predicted octanol–water partition coefficient (Wildman–Crippen LogP) is 2.15. The lowest BCUT2D eigenvalue weighted by molar-refractivity contribution is -0.131. The van der Waals surface area contributed by atoms with Crippen LogP contribution < -0.4 is 4.74 Å². The summed E-state index contributed by atoms with van der Waals surface area (Å²) in [6, 6.07) is 4.50. The summed E-state index contributed by atoms with van der Waals surface area (Å²) in [6.45, 7) is 1.85. The number of hydrogen-bond acceptors (Lipinski definition) is 2. The first-order valence-electron chi connectivity index (χ1n) is 4.38. The van der Waals surface area contributed by atoms with E-state index in [0.29, 0.717) is 0 Å². The highest BCUT2D eigenvalue weighted by Gasteiger charge is 2.01. The zero-order valence-electron chi connectivity index (χ0n) is 8.24. The van der Waals surface area contributed by atoms with Crippen LogP contribution in [0.2, 0.25) is 0 Å². The van der Waals surface area contributed by atoms with Crippen LogP contribution in [0.4, 0.5) is 4.39 Å². The summed E-state index contributed by atoms with van der Waals surface area (Å²) >= 11 is 0. The van der Waals surface area contributed by atoms with Crippen LogP contribution in [0.5, 0.6) is 5.75 Å². The Morgan fingerprint density at radius 1 is 1.60 bits per heavy atom. The van der Waals surface area contributed by atoms with Gasteiger partial charge in [-0.2, -0.15) is 0 Å². The van der Waals surface area contributed by atoms with E-state index in [1.54, 1.807) is 12.1 Å². The average molecular weight is 210 g/mol. The van der Waals surface area contributed by atoms with Gasteiger partial charge in [0.15, 0.2) is 11.6 Å². The number of ether oxygens (including phenoxy) is 1. The van der Waals surface area contributed by atoms with Gasteiger partial charge in [0.2, 0.25) is 0 Å². The van der Waals surface area contributed by atoms with Crippen LogP contribution in [0.3, 0.4) is 0 Å². The Balaban J connectivity index is 2.57. The second-order valence-corrected chi connectivity index (χ2v) is 2.99. The summed E-state index contributed by atoms with van der Waals surface area (Å²) in [6.07, 6.45) is 2.26. The minimum absolute atomic E-state index is 0.0344. The number of carboxylic acids is 1. The molecule has 0 unspecified atom stereocenters. The standard InChI is InChI=1S/C11H11FO3/c1-8-4-5-9(12)10(7-8)15-6-2-3-11(13)14/h2-5,7H,6H2,1H3,(H,13,14)/b3-2+. The van der Waals surface area contributed by atoms with Crippen molar-refractivity contribution in [2.75, 3.05) is 6.61 Å². The zero-order chi connectivity index (χ0) is 11.3. The number of aliphatic carboxylic acids is 1. The normalized spacial score (nSPS) is 10.5. The van der Waals surface area contributed by atoms with Crippen LogP contribution in [0.15, 0.2) is 30.4 Å². The Morgan fingerprint density at radius 2 is 2.33 bits per heavy atom. The molecule has 0 radical (unpaired) electrons. The van der Waals surface area contributed by atoms with Crippen LogP contribution in [-0.2, 0) is 4.79 Å². The Hall–Kier alpha value is -1.84. The highest BCUT2D eigenvalue weighted by atomic mass is 19.1. The third-order valence-electron chi connectivity index (χ3n) is 1.68. The molecule has 0 fully saturated rings. The quantitative estimate of drug-likeness (QED) is 0.774. The first-order valence-corrected chi connectivity index (χ1v) is 4.38. The summed E-state index contributed by atoms with van der Waals surface area (Å²) < 4.78 is 18.1. The van der Waals surface area contributed by atoms with Gasteiger partial charge in [-0.3, -0.25) is 0 Å². The van der Waals surface area contributed by atoms with Gasteiger partial charge in [0.25, 0.3) is 0 Å². The summed E-state index contributed by atoms with van der Waals surface area (Å²) in [5.41, 5.74) is 0.883. The van der Waals surface area contributed by atoms with Gasteiger partial charge in [-0.25, -0.2) is 9.18 Å². The van der Waals surface area contributed by atoms with E-state index in [-0.39, 0.29) is 12.4 Å². The summed E-state index contributed by atoms with van der Waals surface area (Å²) in [5, 5.41) is 8.29. The first kappa shape index (κ1) is 11.2. The molecule has 1 N–H and O–H groups in total. The minimum atomic E-state index is -1.05. The van der Waals surface area contributed by atoms with Crippen molar-refractivity contribution in [2.45, 2.75) is 6.92 Å². The lowest BCUT2D eigenvalue weighted by Crippen LogP contribution is -1.97. The van der Waals surface area contributed by atoms with Crippen molar-refractivity contribution in [3.63, 3.8) is 0 Å². The van der Waals surface area contributed by atoms with Crippen LogP contribution in [-0.4, -0.2) is 17.7 Å². The third-order valence-corrected chi connectivity index (χ3v) is 1.68. The van der Waals surface area contributed by atoms with Gasteiger partial charge in [0.05, 0.1) is 0 Å². The largest absolute Gasteiger partial charge is 0.486 e. The van der Waals surface area contributed by atoms with Crippen LogP contribution in [0.25, 0.3) is 0 Å². The van der Waals surface area contributed by atoms with Crippen LogP contribution in [0, 0.1) is 12.7 Å². The second kappa shape index (κ2) is 5.14. The summed E-state index contributed by atoms with van der Waals surface area (Å²) in [5.74, 6) is -1.38. The Morgan fingerprint density at radius 3 is 3.00 bits per heavy atom. The third kappa shape index (κ3) is 3.81.